The summed E-state index contributed by atoms with van der Waals surface area (Å²) in [5.74, 6) is 10.9. The minimum absolute atomic E-state index is 0.122. The maximum atomic E-state index is 16.1. The summed E-state index contributed by atoms with van der Waals surface area (Å²) in [5, 5.41) is 2.13. The molecule has 0 heterocycles. The van der Waals surface area contributed by atoms with Crippen LogP contribution < -0.4 is 5.30 Å². The molecule has 0 aliphatic heterocycles. The van der Waals surface area contributed by atoms with Crippen molar-refractivity contribution >= 4 is 100 Å². The van der Waals surface area contributed by atoms with Crippen LogP contribution in [0.15, 0.2) is 57.5 Å². The second-order valence-corrected chi connectivity index (χ2v) is 40.3. The molecule has 0 amide bonds. The largest absolute Gasteiger partial charge is 0.351 e. The Morgan fingerprint density at radius 3 is 1.07 bits per heavy atom. The first-order chi connectivity index (χ1) is 34.2. The third-order valence-corrected chi connectivity index (χ3v) is 33.0. The van der Waals surface area contributed by atoms with Crippen molar-refractivity contribution in [2.75, 3.05) is 6.54 Å². The standard InChI is InChI=1S/C26H34BrOP.C20H30OP.C8H19N.C6H4BrI.H5P3/c27-23-3-1-2-4-24(23)29(28,25-11-17-5-18(12-25)7-19(6-17)13-25)26-14-20-8-21(15-26)10-22(9-20)16-26;21-22(19-7-13-1-14(8-19)3-15(2-13)9-19)20-10-16-4-17(11-20)6-18(5-16)12-20;1-6-9(7(2)3)8(4)5;7-5-3-1-2-4-6(5)8;1-3-2/h1-4,17-22H,5-16H2;13-18H,1-12H2;7-8H,6H2,1-5H3;1-4H;3H,1-2H2/q;+1;;;/i;;;;3D. The molecule has 2 aromatic rings. The maximum absolute atomic E-state index is 16.1. The first-order valence-electron chi connectivity index (χ1n) is 29.5. The summed E-state index contributed by atoms with van der Waals surface area (Å²) in [5.41, 5.74) is 0. The van der Waals surface area contributed by atoms with Gasteiger partial charge in [0.15, 0.2) is 10.3 Å². The molecule has 11 heteroatoms. The van der Waals surface area contributed by atoms with Crippen LogP contribution in [-0.2, 0) is 9.13 Å². The molecule has 2 atom stereocenters. The summed E-state index contributed by atoms with van der Waals surface area (Å²) in [7, 11) is 0.633. The Bertz CT molecular complexity index is 2020. The minimum atomic E-state index is -2.56. The minimum Gasteiger partial charge on any atom is -0.317 e. The highest BCUT2D eigenvalue weighted by Crippen LogP contribution is 2.83. The molecule has 18 rings (SSSR count). The highest BCUT2D eigenvalue weighted by atomic mass is 127. The quantitative estimate of drug-likeness (QED) is 0.195. The summed E-state index contributed by atoms with van der Waals surface area (Å²) in [6.07, 6.45) is 33.4. The Balaban J connectivity index is 0.000000122. The first-order valence-corrected chi connectivity index (χ1v) is 38.8. The summed E-state index contributed by atoms with van der Waals surface area (Å²) in [6.45, 7) is 12.3. The predicted molar refractivity (Wildman–Crippen MR) is 330 cm³/mol. The molecule has 71 heavy (non-hydrogen) atoms. The van der Waals surface area contributed by atoms with Gasteiger partial charge < -0.3 is 4.57 Å². The zero-order chi connectivity index (χ0) is 51.0. The molecular formula is C60H92Br2INO2P5+. The summed E-state index contributed by atoms with van der Waals surface area (Å²) in [6, 6.07) is 18.3. The molecule has 16 fully saturated rings. The Morgan fingerprint density at radius 1 is 0.577 bits per heavy atom. The number of benzene rings is 2. The molecule has 0 spiro atoms. The number of nitrogens with zero attached hydrogens (tertiary/aromatic N) is 1. The van der Waals surface area contributed by atoms with E-state index in [-0.39, 0.29) is 10.3 Å². The van der Waals surface area contributed by atoms with Gasteiger partial charge in [0.2, 0.25) is 0 Å². The highest BCUT2D eigenvalue weighted by molar-refractivity contribution is 14.1. The molecule has 16 aliphatic carbocycles. The van der Waals surface area contributed by atoms with Gasteiger partial charge in [-0.05, 0) is 316 Å². The van der Waals surface area contributed by atoms with Gasteiger partial charge in [0.25, 0.3) is 0 Å². The van der Waals surface area contributed by atoms with E-state index in [1.54, 1.807) is 0 Å². The van der Waals surface area contributed by atoms with Gasteiger partial charge in [-0.1, -0.05) is 65.7 Å². The average Bonchev–Trinajstić information content (AvgIpc) is 3.28. The zero-order valence-electron chi connectivity index (χ0n) is 45.3. The van der Waals surface area contributed by atoms with E-state index in [0.29, 0.717) is 22.4 Å². The van der Waals surface area contributed by atoms with Crippen molar-refractivity contribution in [1.29, 1.82) is 1.28 Å². The number of hydrogen-bond donors (Lipinski definition) is 0. The van der Waals surface area contributed by atoms with Crippen molar-refractivity contribution in [3.05, 3.63) is 61.0 Å². The number of halogens is 3. The van der Waals surface area contributed by atoms with Gasteiger partial charge in [0, 0.05) is 40.2 Å². The molecule has 2 aromatic carbocycles. The molecule has 394 valence electrons. The lowest BCUT2D eigenvalue weighted by atomic mass is 9.55. The van der Waals surface area contributed by atoms with Crippen molar-refractivity contribution in [2.45, 2.75) is 221 Å². The van der Waals surface area contributed by atoms with Gasteiger partial charge in [-0.2, -0.15) is 0 Å². The van der Waals surface area contributed by atoms with E-state index in [4.69, 9.17) is 1.28 Å². The van der Waals surface area contributed by atoms with Crippen LogP contribution in [0.3, 0.4) is 0 Å². The lowest BCUT2D eigenvalue weighted by molar-refractivity contribution is 0.0145. The van der Waals surface area contributed by atoms with Gasteiger partial charge in [-0.3, -0.25) is 4.90 Å². The SMILES string of the molecule is Brc1ccccc1I.CCN(C(C)C)C(C)C.O=P(c1ccccc1Br)(C12CC3CC(CC(C3)C1)C2)C12CC3CC(CC(C3)C1)C2.O=[P+](C12CC3CC(CC(C3)C1)C2)C12CC3CC(CC(C3)C1)C2.[2H]P(P)P. The topological polar surface area (TPSA) is 37.4 Å². The molecule has 0 radical (unpaired) electrons. The van der Waals surface area contributed by atoms with Gasteiger partial charge >= 0.3 is 7.80 Å². The van der Waals surface area contributed by atoms with Crippen LogP contribution in [0.5, 0.6) is 0 Å². The summed E-state index contributed by atoms with van der Waals surface area (Å²) < 4.78 is 40.4. The van der Waals surface area contributed by atoms with E-state index >= 15 is 4.57 Å². The smallest absolute Gasteiger partial charge is 0.317 e. The molecule has 16 saturated carbocycles. The van der Waals surface area contributed by atoms with Crippen LogP contribution in [0.1, 0.15) is 189 Å². The molecule has 0 N–H and O–H groups in total. The van der Waals surface area contributed by atoms with E-state index in [0.717, 1.165) is 82.0 Å². The highest BCUT2D eigenvalue weighted by Gasteiger charge is 2.72. The van der Waals surface area contributed by atoms with Crippen molar-refractivity contribution < 1.29 is 9.13 Å². The van der Waals surface area contributed by atoms with Crippen LogP contribution >= 0.6 is 95.2 Å². The van der Waals surface area contributed by atoms with Crippen LogP contribution in [0.4, 0.5) is 0 Å². The van der Waals surface area contributed by atoms with E-state index in [9.17, 15) is 4.57 Å². The third kappa shape index (κ3) is 11.0. The fraction of sp³-hybridized carbons (Fsp3) is 0.800. The fourth-order valence-electron chi connectivity index (χ4n) is 21.5. The van der Waals surface area contributed by atoms with E-state index < -0.39 is 22.8 Å². The van der Waals surface area contributed by atoms with Gasteiger partial charge in [0.05, 0.1) is 1.28 Å². The Labute approximate surface area is 471 Å². The molecule has 2 unspecified atom stereocenters. The molecule has 0 aromatic heterocycles. The lowest BCUT2D eigenvalue weighted by Gasteiger charge is -2.67. The van der Waals surface area contributed by atoms with E-state index in [1.807, 2.05) is 18.2 Å². The summed E-state index contributed by atoms with van der Waals surface area (Å²) >= 11 is 9.58. The van der Waals surface area contributed by atoms with Crippen LogP contribution in [0.2, 0.25) is 0 Å². The average molecular weight is 1300 g/mol. The molecule has 0 saturated heterocycles. The van der Waals surface area contributed by atoms with E-state index in [2.05, 4.69) is 142 Å². The summed E-state index contributed by atoms with van der Waals surface area (Å²) in [4.78, 5) is 2.46. The number of hydrogen-bond acceptors (Lipinski definition) is 3. The lowest BCUT2D eigenvalue weighted by Crippen LogP contribution is -2.59. The normalized spacial score (nSPS) is 43.2. The first kappa shape index (κ1) is 54.7. The van der Waals surface area contributed by atoms with Gasteiger partial charge in [-0.15, -0.1) is 17.9 Å². The van der Waals surface area contributed by atoms with Gasteiger partial charge in [0.1, 0.15) is 7.14 Å². The van der Waals surface area contributed by atoms with Crippen molar-refractivity contribution in [2.24, 2.45) is 71.0 Å². The van der Waals surface area contributed by atoms with Crippen LogP contribution in [0.25, 0.3) is 0 Å². The van der Waals surface area contributed by atoms with Crippen molar-refractivity contribution in [1.82, 2.24) is 4.90 Å². The predicted octanol–water partition coefficient (Wildman–Crippen LogP) is 19.6. The molecule has 16 bridgehead atoms. The zero-order valence-corrected chi connectivity index (χ0v) is 54.6. The Kier molecular flexibility index (Phi) is 17.5. The van der Waals surface area contributed by atoms with Crippen LogP contribution in [-0.4, -0.2) is 45.4 Å². The third-order valence-electron chi connectivity index (χ3n) is 21.9. The second kappa shape index (κ2) is 22.7. The Morgan fingerprint density at radius 2 is 0.845 bits per heavy atom. The monoisotopic (exact) mass is 1300 g/mol. The second-order valence-electron chi connectivity index (χ2n) is 27.5. The van der Waals surface area contributed by atoms with E-state index in [1.165, 1.54) is 167 Å². The fourth-order valence-corrected chi connectivity index (χ4v) is 32.6. The van der Waals surface area contributed by atoms with Crippen LogP contribution in [0, 0.1) is 74.6 Å². The Hall–Kier alpha value is 1.71. The van der Waals surface area contributed by atoms with Crippen molar-refractivity contribution in [3.8, 4) is 0 Å². The molecule has 3 nitrogen and oxygen atoms in total. The number of rotatable bonds is 8. The van der Waals surface area contributed by atoms with Gasteiger partial charge in [-0.25, -0.2) is 0 Å². The molecule has 16 aliphatic rings. The molecular weight excluding hydrogens is 1210 g/mol. The maximum Gasteiger partial charge on any atom is 0.351 e. The van der Waals surface area contributed by atoms with Crippen molar-refractivity contribution in [3.63, 3.8) is 0 Å².